The van der Waals surface area contributed by atoms with Gasteiger partial charge in [0.25, 0.3) is 0 Å². The van der Waals surface area contributed by atoms with Crippen LogP contribution in [-0.4, -0.2) is 65.4 Å². The van der Waals surface area contributed by atoms with Gasteiger partial charge < -0.3 is 20.4 Å². The van der Waals surface area contributed by atoms with Crippen molar-refractivity contribution in [1.29, 1.82) is 0 Å². The maximum Gasteiger partial charge on any atom is 0.326 e. The number of thioether (sulfide) groups is 1. The molecule has 0 fully saturated rings. The molecule has 3 N–H and O–H groups in total. The molecular weight excluding hydrogens is 268 g/mol. The SMILES string of the molecule is CSCCC(NC(=O)N(C)CCCCCO)C(=O)O. The normalized spacial score (nSPS) is 11.9. The van der Waals surface area contributed by atoms with Gasteiger partial charge in [-0.15, -0.1) is 0 Å². The summed E-state index contributed by atoms with van der Waals surface area (Å²) in [7, 11) is 1.64. The number of carbonyl (C=O) groups excluding carboxylic acids is 1. The molecule has 0 aliphatic rings. The summed E-state index contributed by atoms with van der Waals surface area (Å²) in [6, 6.07) is -1.20. The van der Waals surface area contributed by atoms with E-state index in [9.17, 15) is 9.59 Å². The number of carboxylic acids is 1. The minimum absolute atomic E-state index is 0.158. The number of amides is 2. The Bertz CT molecular complexity index is 276. The lowest BCUT2D eigenvalue weighted by atomic mass is 10.2. The number of aliphatic hydroxyl groups is 1. The Morgan fingerprint density at radius 2 is 2.00 bits per heavy atom. The van der Waals surface area contributed by atoms with Crippen LogP contribution < -0.4 is 5.32 Å². The number of carbonyl (C=O) groups is 2. The van der Waals surface area contributed by atoms with Crippen molar-refractivity contribution in [1.82, 2.24) is 10.2 Å². The van der Waals surface area contributed by atoms with Crippen LogP contribution in [0.5, 0.6) is 0 Å². The molecule has 0 saturated heterocycles. The second kappa shape index (κ2) is 10.9. The Balaban J connectivity index is 4.05. The van der Waals surface area contributed by atoms with E-state index in [1.807, 2.05) is 6.26 Å². The number of carboxylic acid groups (broad SMARTS) is 1. The van der Waals surface area contributed by atoms with Crippen LogP contribution in [0.25, 0.3) is 0 Å². The fourth-order valence-electron chi connectivity index (χ4n) is 1.49. The van der Waals surface area contributed by atoms with E-state index in [1.54, 1.807) is 18.8 Å². The molecule has 0 heterocycles. The first kappa shape index (κ1) is 18.0. The quantitative estimate of drug-likeness (QED) is 0.523. The van der Waals surface area contributed by atoms with Gasteiger partial charge in [-0.3, -0.25) is 0 Å². The monoisotopic (exact) mass is 292 g/mol. The van der Waals surface area contributed by atoms with E-state index in [0.29, 0.717) is 18.7 Å². The molecule has 1 atom stereocenters. The highest BCUT2D eigenvalue weighted by molar-refractivity contribution is 7.98. The molecule has 0 aromatic rings. The smallest absolute Gasteiger partial charge is 0.326 e. The third-order valence-corrected chi connectivity index (χ3v) is 3.35. The average molecular weight is 292 g/mol. The second-order valence-corrected chi connectivity index (χ2v) is 5.31. The van der Waals surface area contributed by atoms with Gasteiger partial charge in [0, 0.05) is 20.2 Å². The van der Waals surface area contributed by atoms with E-state index in [4.69, 9.17) is 10.2 Å². The summed E-state index contributed by atoms with van der Waals surface area (Å²) < 4.78 is 0. The van der Waals surface area contributed by atoms with Crippen molar-refractivity contribution >= 4 is 23.8 Å². The van der Waals surface area contributed by atoms with Gasteiger partial charge in [-0.05, 0) is 37.7 Å². The van der Waals surface area contributed by atoms with E-state index in [0.717, 1.165) is 19.3 Å². The zero-order chi connectivity index (χ0) is 14.7. The third-order valence-electron chi connectivity index (χ3n) is 2.70. The first-order chi connectivity index (χ1) is 9.02. The number of unbranched alkanes of at least 4 members (excludes halogenated alkanes) is 2. The summed E-state index contributed by atoms with van der Waals surface area (Å²) in [5, 5.41) is 20.2. The van der Waals surface area contributed by atoms with Crippen molar-refractivity contribution in [2.45, 2.75) is 31.7 Å². The molecule has 0 aliphatic heterocycles. The van der Waals surface area contributed by atoms with Gasteiger partial charge in [-0.2, -0.15) is 11.8 Å². The number of urea groups is 1. The molecule has 0 radical (unpaired) electrons. The van der Waals surface area contributed by atoms with Crippen LogP contribution >= 0.6 is 11.8 Å². The summed E-state index contributed by atoms with van der Waals surface area (Å²) in [6.07, 6.45) is 4.69. The standard InChI is InChI=1S/C12H24N2O4S/c1-14(7-4-3-5-8-15)12(18)13-10(11(16)17)6-9-19-2/h10,15H,3-9H2,1-2H3,(H,13,18)(H,16,17). The van der Waals surface area contributed by atoms with Crippen LogP contribution in [0.4, 0.5) is 4.79 Å². The third kappa shape index (κ3) is 8.72. The molecule has 19 heavy (non-hydrogen) atoms. The van der Waals surface area contributed by atoms with Gasteiger partial charge in [0.05, 0.1) is 0 Å². The first-order valence-corrected chi connectivity index (χ1v) is 7.76. The topological polar surface area (TPSA) is 89.9 Å². The lowest BCUT2D eigenvalue weighted by molar-refractivity contribution is -0.139. The van der Waals surface area contributed by atoms with Crippen molar-refractivity contribution in [2.75, 3.05) is 32.2 Å². The highest BCUT2D eigenvalue weighted by Gasteiger charge is 2.20. The van der Waals surface area contributed by atoms with Crippen LogP contribution in [0.3, 0.4) is 0 Å². The highest BCUT2D eigenvalue weighted by atomic mass is 32.2. The maximum atomic E-state index is 11.8. The van der Waals surface area contributed by atoms with Crippen molar-refractivity contribution in [3.8, 4) is 0 Å². The molecule has 2 amide bonds. The van der Waals surface area contributed by atoms with Crippen LogP contribution in [0.1, 0.15) is 25.7 Å². The number of aliphatic carboxylic acids is 1. The number of nitrogens with zero attached hydrogens (tertiary/aromatic N) is 1. The summed E-state index contributed by atoms with van der Waals surface area (Å²) in [5.41, 5.74) is 0. The summed E-state index contributed by atoms with van der Waals surface area (Å²) in [4.78, 5) is 24.3. The number of hydrogen-bond acceptors (Lipinski definition) is 4. The number of aliphatic hydroxyl groups excluding tert-OH is 1. The van der Waals surface area contributed by atoms with Crippen LogP contribution in [0, 0.1) is 0 Å². The fourth-order valence-corrected chi connectivity index (χ4v) is 1.96. The second-order valence-electron chi connectivity index (χ2n) is 4.33. The highest BCUT2D eigenvalue weighted by Crippen LogP contribution is 2.03. The van der Waals surface area contributed by atoms with E-state index in [1.165, 1.54) is 4.90 Å². The Morgan fingerprint density at radius 1 is 1.32 bits per heavy atom. The Kier molecular flexibility index (Phi) is 10.4. The Labute approximate surface area is 118 Å². The molecule has 7 heteroatoms. The molecular formula is C12H24N2O4S. The summed E-state index contributed by atoms with van der Waals surface area (Å²) in [6.45, 7) is 0.715. The molecule has 0 aromatic heterocycles. The maximum absolute atomic E-state index is 11.8. The van der Waals surface area contributed by atoms with E-state index < -0.39 is 12.0 Å². The molecule has 112 valence electrons. The van der Waals surface area contributed by atoms with Crippen molar-refractivity contribution in [3.05, 3.63) is 0 Å². The van der Waals surface area contributed by atoms with E-state index in [2.05, 4.69) is 5.32 Å². The lowest BCUT2D eigenvalue weighted by Gasteiger charge is -2.21. The number of rotatable bonds is 10. The van der Waals surface area contributed by atoms with Crippen LogP contribution in [0.2, 0.25) is 0 Å². The van der Waals surface area contributed by atoms with E-state index in [-0.39, 0.29) is 12.6 Å². The van der Waals surface area contributed by atoms with Gasteiger partial charge in [0.2, 0.25) is 0 Å². The molecule has 0 aliphatic carbocycles. The minimum atomic E-state index is -1.00. The van der Waals surface area contributed by atoms with Crippen molar-refractivity contribution in [3.63, 3.8) is 0 Å². The van der Waals surface area contributed by atoms with E-state index >= 15 is 0 Å². The van der Waals surface area contributed by atoms with Gasteiger partial charge in [-0.25, -0.2) is 9.59 Å². The fraction of sp³-hybridized carbons (Fsp3) is 0.833. The van der Waals surface area contributed by atoms with Crippen molar-refractivity contribution < 1.29 is 19.8 Å². The number of nitrogens with one attached hydrogen (secondary N) is 1. The van der Waals surface area contributed by atoms with Gasteiger partial charge >= 0.3 is 12.0 Å². The summed E-state index contributed by atoms with van der Waals surface area (Å²) >= 11 is 1.55. The molecule has 0 saturated carbocycles. The number of hydrogen-bond donors (Lipinski definition) is 3. The Morgan fingerprint density at radius 3 is 2.53 bits per heavy atom. The molecule has 6 nitrogen and oxygen atoms in total. The zero-order valence-electron chi connectivity index (χ0n) is 11.6. The average Bonchev–Trinajstić information content (AvgIpc) is 2.38. The Hall–Kier alpha value is -0.950. The van der Waals surface area contributed by atoms with Crippen LogP contribution in [0.15, 0.2) is 0 Å². The largest absolute Gasteiger partial charge is 0.480 e. The molecule has 0 spiro atoms. The van der Waals surface area contributed by atoms with Gasteiger partial charge in [0.1, 0.15) is 6.04 Å². The predicted octanol–water partition coefficient (Wildman–Crippen LogP) is 0.997. The molecule has 1 unspecified atom stereocenters. The lowest BCUT2D eigenvalue weighted by Crippen LogP contribution is -2.47. The van der Waals surface area contributed by atoms with Gasteiger partial charge in [0.15, 0.2) is 0 Å². The molecule has 0 aromatic carbocycles. The minimum Gasteiger partial charge on any atom is -0.480 e. The predicted molar refractivity (Wildman–Crippen MR) is 76.5 cm³/mol. The molecule has 0 bridgehead atoms. The van der Waals surface area contributed by atoms with Crippen molar-refractivity contribution in [2.24, 2.45) is 0 Å². The zero-order valence-corrected chi connectivity index (χ0v) is 12.4. The van der Waals surface area contributed by atoms with Gasteiger partial charge in [-0.1, -0.05) is 0 Å². The summed E-state index contributed by atoms with van der Waals surface area (Å²) in [5.74, 6) is -0.312. The van der Waals surface area contributed by atoms with Crippen LogP contribution in [-0.2, 0) is 4.79 Å². The molecule has 0 rings (SSSR count). The first-order valence-electron chi connectivity index (χ1n) is 6.37.